The van der Waals surface area contributed by atoms with Crippen molar-refractivity contribution in [1.82, 2.24) is 4.31 Å². The number of sulfonamides is 1. The summed E-state index contributed by atoms with van der Waals surface area (Å²) in [5, 5.41) is 8.04. The van der Waals surface area contributed by atoms with Crippen molar-refractivity contribution in [1.29, 1.82) is 0 Å². The number of aliphatic carboxylic acids is 1. The van der Waals surface area contributed by atoms with E-state index >= 15 is 0 Å². The molecule has 0 aliphatic carbocycles. The Kier molecular flexibility index (Phi) is 4.97. The van der Waals surface area contributed by atoms with Crippen molar-refractivity contribution < 1.29 is 26.7 Å². The zero-order valence-corrected chi connectivity index (χ0v) is 12.6. The second-order valence-corrected chi connectivity index (χ2v) is 9.54. The molecule has 1 saturated heterocycles. The van der Waals surface area contributed by atoms with E-state index in [1.165, 1.54) is 14.0 Å². The average molecular weight is 313 g/mol. The molecule has 19 heavy (non-hydrogen) atoms. The molecule has 0 bridgehead atoms. The summed E-state index contributed by atoms with van der Waals surface area (Å²) in [6, 6.07) is 0. The summed E-state index contributed by atoms with van der Waals surface area (Å²) < 4.78 is 48.0. The first kappa shape index (κ1) is 16.4. The van der Waals surface area contributed by atoms with Crippen LogP contribution in [0, 0.1) is 5.92 Å². The highest BCUT2D eigenvalue weighted by Gasteiger charge is 2.36. The number of carboxylic acid groups (broad SMARTS) is 1. The lowest BCUT2D eigenvalue weighted by Crippen LogP contribution is -2.43. The van der Waals surface area contributed by atoms with E-state index in [1.54, 1.807) is 0 Å². The molecular formula is C10H19NO6S2. The highest BCUT2D eigenvalue weighted by Crippen LogP contribution is 2.22. The molecule has 112 valence electrons. The van der Waals surface area contributed by atoms with Gasteiger partial charge in [0.05, 0.1) is 22.7 Å². The third kappa shape index (κ3) is 4.15. The van der Waals surface area contributed by atoms with E-state index in [0.717, 1.165) is 4.31 Å². The fourth-order valence-corrected chi connectivity index (χ4v) is 5.55. The van der Waals surface area contributed by atoms with Gasteiger partial charge >= 0.3 is 5.97 Å². The molecule has 1 unspecified atom stereocenters. The van der Waals surface area contributed by atoms with Crippen molar-refractivity contribution >= 4 is 25.8 Å². The Hall–Kier alpha value is -0.670. The van der Waals surface area contributed by atoms with Gasteiger partial charge in [-0.25, -0.2) is 21.1 Å². The van der Waals surface area contributed by atoms with Crippen LogP contribution in [0.25, 0.3) is 0 Å². The topological polar surface area (TPSA) is 109 Å². The molecule has 0 aromatic heterocycles. The number of hydrogen-bond acceptors (Lipinski definition) is 5. The maximum atomic E-state index is 12.2. The van der Waals surface area contributed by atoms with Gasteiger partial charge in [0.2, 0.25) is 10.0 Å². The fraction of sp³-hybridized carbons (Fsp3) is 0.900. The highest BCUT2D eigenvalue weighted by atomic mass is 32.2. The molecule has 1 fully saturated rings. The Morgan fingerprint density at radius 2 is 1.84 bits per heavy atom. The van der Waals surface area contributed by atoms with Crippen LogP contribution in [0.2, 0.25) is 0 Å². The molecule has 1 aliphatic rings. The molecule has 1 aliphatic heterocycles. The van der Waals surface area contributed by atoms with Crippen LogP contribution in [0.15, 0.2) is 0 Å². The van der Waals surface area contributed by atoms with E-state index in [2.05, 4.69) is 0 Å². The molecule has 1 heterocycles. The van der Waals surface area contributed by atoms with Crippen molar-refractivity contribution in [2.45, 2.75) is 25.0 Å². The van der Waals surface area contributed by atoms with E-state index in [-0.39, 0.29) is 30.9 Å². The quantitative estimate of drug-likeness (QED) is 0.736. The van der Waals surface area contributed by atoms with Crippen molar-refractivity contribution in [2.24, 2.45) is 5.92 Å². The average Bonchev–Trinajstić information content (AvgIpc) is 2.27. The molecule has 9 heteroatoms. The zero-order chi connectivity index (χ0) is 14.8. The number of hydrogen-bond donors (Lipinski definition) is 1. The van der Waals surface area contributed by atoms with Crippen LogP contribution < -0.4 is 0 Å². The molecule has 0 amide bonds. The molecular weight excluding hydrogens is 294 g/mol. The van der Waals surface area contributed by atoms with Gasteiger partial charge in [-0.2, -0.15) is 0 Å². The second kappa shape index (κ2) is 5.76. The number of carbonyl (C=O) groups is 1. The van der Waals surface area contributed by atoms with Gasteiger partial charge in [-0.05, 0) is 12.8 Å². The van der Waals surface area contributed by atoms with Crippen LogP contribution in [0.4, 0.5) is 0 Å². The normalized spacial score (nSPS) is 22.3. The van der Waals surface area contributed by atoms with Crippen LogP contribution in [0.5, 0.6) is 0 Å². The van der Waals surface area contributed by atoms with Gasteiger partial charge in [0, 0.05) is 13.6 Å². The van der Waals surface area contributed by atoms with E-state index in [1.807, 2.05) is 0 Å². The number of sulfone groups is 1. The Balaban J connectivity index is 2.73. The fourth-order valence-electron chi connectivity index (χ4n) is 1.99. The van der Waals surface area contributed by atoms with Crippen LogP contribution in [-0.4, -0.2) is 62.6 Å². The summed E-state index contributed by atoms with van der Waals surface area (Å²) >= 11 is 0. The molecule has 7 nitrogen and oxygen atoms in total. The third-order valence-corrected chi connectivity index (χ3v) is 7.36. The van der Waals surface area contributed by atoms with E-state index < -0.39 is 37.0 Å². The van der Waals surface area contributed by atoms with Crippen molar-refractivity contribution in [3.63, 3.8) is 0 Å². The molecule has 1 N–H and O–H groups in total. The van der Waals surface area contributed by atoms with E-state index in [4.69, 9.17) is 5.11 Å². The maximum Gasteiger partial charge on any atom is 0.307 e. The van der Waals surface area contributed by atoms with E-state index in [0.29, 0.717) is 0 Å². The Morgan fingerprint density at radius 1 is 1.37 bits per heavy atom. The summed E-state index contributed by atoms with van der Waals surface area (Å²) in [6.07, 6.45) is 0.160. The van der Waals surface area contributed by atoms with Crippen molar-refractivity contribution in [3.8, 4) is 0 Å². The highest BCUT2D eigenvalue weighted by molar-refractivity contribution is 7.92. The van der Waals surface area contributed by atoms with Crippen LogP contribution in [-0.2, 0) is 24.7 Å². The van der Waals surface area contributed by atoms with Crippen LogP contribution in [0.1, 0.15) is 19.8 Å². The monoisotopic (exact) mass is 313 g/mol. The number of rotatable bonds is 5. The van der Waals surface area contributed by atoms with E-state index in [9.17, 15) is 21.6 Å². The van der Waals surface area contributed by atoms with Gasteiger partial charge in [-0.1, -0.05) is 6.92 Å². The lowest BCUT2D eigenvalue weighted by Gasteiger charge is -2.27. The number of nitrogens with zero attached hydrogens (tertiary/aromatic N) is 1. The number of carboxylic acids is 1. The maximum absolute atomic E-state index is 12.2. The van der Waals surface area contributed by atoms with Gasteiger partial charge < -0.3 is 5.11 Å². The minimum Gasteiger partial charge on any atom is -0.481 e. The van der Waals surface area contributed by atoms with Crippen molar-refractivity contribution in [3.05, 3.63) is 0 Å². The van der Waals surface area contributed by atoms with Gasteiger partial charge in [-0.15, -0.1) is 0 Å². The first-order valence-electron chi connectivity index (χ1n) is 5.94. The van der Waals surface area contributed by atoms with Gasteiger partial charge in [0.1, 0.15) is 9.84 Å². The van der Waals surface area contributed by atoms with Gasteiger partial charge in [0.25, 0.3) is 0 Å². The first-order chi connectivity index (χ1) is 8.56. The lowest BCUT2D eigenvalue weighted by atomic mass is 10.2. The molecule has 0 saturated carbocycles. The molecule has 1 rings (SSSR count). The first-order valence-corrected chi connectivity index (χ1v) is 9.27. The molecule has 1 atom stereocenters. The van der Waals surface area contributed by atoms with Crippen LogP contribution in [0.3, 0.4) is 0 Å². The molecule has 0 aromatic rings. The predicted molar refractivity (Wildman–Crippen MR) is 70.0 cm³/mol. The Labute approximate surface area is 113 Å². The van der Waals surface area contributed by atoms with Crippen LogP contribution >= 0.6 is 0 Å². The molecule has 0 spiro atoms. The Bertz CT molecular complexity index is 524. The molecule has 0 aromatic carbocycles. The van der Waals surface area contributed by atoms with Crippen molar-refractivity contribution in [2.75, 3.05) is 25.1 Å². The summed E-state index contributed by atoms with van der Waals surface area (Å²) in [5.74, 6) is -2.11. The summed E-state index contributed by atoms with van der Waals surface area (Å²) in [7, 11) is -5.42. The minimum atomic E-state index is -3.64. The lowest BCUT2D eigenvalue weighted by molar-refractivity contribution is -0.141. The minimum absolute atomic E-state index is 0.0798. The SMILES string of the molecule is CC(CN(C)S(=O)(=O)C1CCS(=O)(=O)CC1)C(=O)O. The molecule has 0 radical (unpaired) electrons. The summed E-state index contributed by atoms with van der Waals surface area (Å²) in [5.41, 5.74) is 0. The van der Waals surface area contributed by atoms with Gasteiger partial charge in [-0.3, -0.25) is 4.79 Å². The largest absolute Gasteiger partial charge is 0.481 e. The second-order valence-electron chi connectivity index (χ2n) is 4.92. The predicted octanol–water partition coefficient (Wildman–Crippen LogP) is -0.454. The third-order valence-electron chi connectivity index (χ3n) is 3.31. The zero-order valence-electron chi connectivity index (χ0n) is 10.9. The summed E-state index contributed by atoms with van der Waals surface area (Å²) in [4.78, 5) is 10.7. The van der Waals surface area contributed by atoms with Gasteiger partial charge in [0.15, 0.2) is 0 Å². The Morgan fingerprint density at radius 3 is 2.26 bits per heavy atom. The smallest absolute Gasteiger partial charge is 0.307 e. The standard InChI is InChI=1S/C10H19NO6S2/c1-8(10(12)13)7-11(2)19(16,17)9-3-5-18(14,15)6-4-9/h8-9H,3-7H2,1-2H3,(H,12,13). The summed E-state index contributed by atoms with van der Waals surface area (Å²) in [6.45, 7) is 1.32.